The Morgan fingerprint density at radius 3 is 2.29 bits per heavy atom. The Kier molecular flexibility index (Phi) is 8.06. The van der Waals surface area contributed by atoms with Crippen molar-refractivity contribution in [1.29, 1.82) is 0 Å². The third kappa shape index (κ3) is 6.77. The largest absolute Gasteiger partial charge is 0.444 e. The summed E-state index contributed by atoms with van der Waals surface area (Å²) in [6.07, 6.45) is 0.548. The molecule has 13 nitrogen and oxygen atoms in total. The van der Waals surface area contributed by atoms with Crippen LogP contribution in [0.15, 0.2) is 34.7 Å². The van der Waals surface area contributed by atoms with E-state index in [-0.39, 0.29) is 24.5 Å². The van der Waals surface area contributed by atoms with Gasteiger partial charge in [0, 0.05) is 13.1 Å². The van der Waals surface area contributed by atoms with E-state index in [1.165, 1.54) is 9.96 Å². The van der Waals surface area contributed by atoms with Crippen molar-refractivity contribution < 1.29 is 33.1 Å². The van der Waals surface area contributed by atoms with Gasteiger partial charge >= 0.3 is 18.2 Å². The van der Waals surface area contributed by atoms with E-state index in [0.29, 0.717) is 31.9 Å². The first-order valence-electron chi connectivity index (χ1n) is 14.4. The van der Waals surface area contributed by atoms with Gasteiger partial charge in [-0.1, -0.05) is 30.3 Å². The third-order valence-electron chi connectivity index (χ3n) is 7.21. The Balaban J connectivity index is 1.29. The zero-order valence-corrected chi connectivity index (χ0v) is 25.0. The zero-order valence-electron chi connectivity index (χ0n) is 25.0. The monoisotopic (exact) mass is 584 g/mol. The molecule has 0 aliphatic carbocycles. The van der Waals surface area contributed by atoms with E-state index in [4.69, 9.17) is 18.7 Å². The maximum Gasteiger partial charge on any atom is 0.411 e. The van der Waals surface area contributed by atoms with Crippen molar-refractivity contribution in [2.75, 3.05) is 13.1 Å². The van der Waals surface area contributed by atoms with E-state index in [0.717, 1.165) is 12.0 Å². The standard InChI is InChI=1S/C29H40N6O7/c1-28(2,3)41-25(36)30-19-14-22(34(15-19)27(38)42-29(4,5)6)24-32-31-23(40-24)21-13-12-20-16-33(21)26(37)35(20)39-17-18-10-8-7-9-11-18/h7-11,19-22H,12-17H2,1-6H3,(H,30,36)/t19-,20+,21+,22+/m1/s1. The van der Waals surface area contributed by atoms with Gasteiger partial charge in [-0.2, -0.15) is 5.06 Å². The number of hydrogen-bond donors (Lipinski definition) is 1. The highest BCUT2D eigenvalue weighted by Crippen LogP contribution is 2.40. The summed E-state index contributed by atoms with van der Waals surface area (Å²) in [6.45, 7) is 11.7. The second-order valence-electron chi connectivity index (χ2n) is 13.0. The number of nitrogens with zero attached hydrogens (tertiary/aromatic N) is 5. The molecule has 13 heteroatoms. The van der Waals surface area contributed by atoms with Crippen LogP contribution in [0, 0.1) is 0 Å². The quantitative estimate of drug-likeness (QED) is 0.511. The molecular formula is C29H40N6O7. The predicted octanol–water partition coefficient (Wildman–Crippen LogP) is 4.72. The molecule has 4 amide bonds. The molecule has 0 saturated carbocycles. The van der Waals surface area contributed by atoms with E-state index < -0.39 is 41.5 Å². The number of rotatable bonds is 6. The molecule has 5 rings (SSSR count). The second-order valence-corrected chi connectivity index (χ2v) is 13.0. The number of fused-ring (bicyclic) bond motifs is 2. The first-order chi connectivity index (χ1) is 19.8. The number of hydroxylamine groups is 2. The van der Waals surface area contributed by atoms with E-state index >= 15 is 0 Å². The van der Waals surface area contributed by atoms with Gasteiger partial charge in [0.15, 0.2) is 0 Å². The molecule has 2 aromatic rings. The van der Waals surface area contributed by atoms with Crippen LogP contribution in [-0.2, 0) is 20.9 Å². The van der Waals surface area contributed by atoms with Gasteiger partial charge in [-0.3, -0.25) is 9.74 Å². The number of piperidine rings is 1. The molecule has 2 bridgehead atoms. The van der Waals surface area contributed by atoms with Crippen molar-refractivity contribution in [3.05, 3.63) is 47.7 Å². The molecule has 4 atom stereocenters. The van der Waals surface area contributed by atoms with Gasteiger partial charge in [0.2, 0.25) is 11.8 Å². The number of benzene rings is 1. The Hall–Kier alpha value is -3.87. The minimum Gasteiger partial charge on any atom is -0.444 e. The summed E-state index contributed by atoms with van der Waals surface area (Å²) in [4.78, 5) is 48.0. The van der Waals surface area contributed by atoms with Crippen molar-refractivity contribution in [2.45, 2.75) is 103 Å². The molecule has 1 N–H and O–H groups in total. The van der Waals surface area contributed by atoms with Crippen LogP contribution in [0.5, 0.6) is 0 Å². The molecule has 42 heavy (non-hydrogen) atoms. The minimum atomic E-state index is -0.721. The van der Waals surface area contributed by atoms with Crippen LogP contribution in [0.1, 0.15) is 90.2 Å². The van der Waals surface area contributed by atoms with Crippen molar-refractivity contribution in [3.8, 4) is 0 Å². The summed E-state index contributed by atoms with van der Waals surface area (Å²) in [5, 5.41) is 12.9. The zero-order chi connectivity index (χ0) is 30.2. The van der Waals surface area contributed by atoms with Crippen LogP contribution in [-0.4, -0.2) is 79.7 Å². The van der Waals surface area contributed by atoms with E-state index in [1.54, 1.807) is 46.4 Å². The molecule has 3 aliphatic heterocycles. The number of hydrogen-bond acceptors (Lipinski definition) is 9. The van der Waals surface area contributed by atoms with Gasteiger partial charge in [0.25, 0.3) is 0 Å². The average molecular weight is 585 g/mol. The fourth-order valence-corrected chi connectivity index (χ4v) is 5.46. The molecule has 3 fully saturated rings. The molecular weight excluding hydrogens is 544 g/mol. The van der Waals surface area contributed by atoms with Gasteiger partial charge in [-0.05, 0) is 66.4 Å². The maximum atomic E-state index is 13.3. The second kappa shape index (κ2) is 11.4. The topological polar surface area (TPSA) is 140 Å². The number of carbonyl (C=O) groups excluding carboxylic acids is 3. The lowest BCUT2D eigenvalue weighted by molar-refractivity contribution is -0.140. The average Bonchev–Trinajstić information content (AvgIpc) is 3.59. The molecule has 4 heterocycles. The highest BCUT2D eigenvalue weighted by molar-refractivity contribution is 5.77. The summed E-state index contributed by atoms with van der Waals surface area (Å²) in [5.41, 5.74) is -0.408. The molecule has 228 valence electrons. The number of nitrogens with one attached hydrogen (secondary N) is 1. The van der Waals surface area contributed by atoms with Crippen molar-refractivity contribution in [1.82, 2.24) is 30.4 Å². The highest BCUT2D eigenvalue weighted by atomic mass is 16.7. The SMILES string of the molecule is CC(C)(C)OC(=O)N[C@@H]1C[C@@H](c2nnc([C@@H]3CC[C@H]4CN3C(=O)N4OCc3ccccc3)o2)N(C(=O)OC(C)(C)C)C1. The summed E-state index contributed by atoms with van der Waals surface area (Å²) in [6, 6.07) is 7.94. The van der Waals surface area contributed by atoms with E-state index in [1.807, 2.05) is 30.3 Å². The first-order valence-corrected chi connectivity index (χ1v) is 14.4. The molecule has 3 saturated heterocycles. The van der Waals surface area contributed by atoms with Crippen LogP contribution < -0.4 is 5.32 Å². The Labute approximate surface area is 245 Å². The molecule has 0 unspecified atom stereocenters. The fourth-order valence-electron chi connectivity index (χ4n) is 5.46. The number of carbonyl (C=O) groups is 3. The normalized spacial score (nSPS) is 24.2. The highest BCUT2D eigenvalue weighted by Gasteiger charge is 2.48. The Morgan fingerprint density at radius 2 is 1.62 bits per heavy atom. The van der Waals surface area contributed by atoms with Gasteiger partial charge < -0.3 is 24.1 Å². The lowest BCUT2D eigenvalue weighted by Crippen LogP contribution is -2.42. The Morgan fingerprint density at radius 1 is 0.952 bits per heavy atom. The van der Waals surface area contributed by atoms with Gasteiger partial charge in [-0.15, -0.1) is 10.2 Å². The number of amides is 4. The maximum absolute atomic E-state index is 13.3. The fraction of sp³-hybridized carbons (Fsp3) is 0.621. The minimum absolute atomic E-state index is 0.0583. The predicted molar refractivity (Wildman–Crippen MR) is 149 cm³/mol. The molecule has 0 spiro atoms. The van der Waals surface area contributed by atoms with E-state index in [2.05, 4.69) is 15.5 Å². The van der Waals surface area contributed by atoms with Crippen LogP contribution in [0.3, 0.4) is 0 Å². The number of aromatic nitrogens is 2. The molecule has 1 aromatic carbocycles. The summed E-state index contributed by atoms with van der Waals surface area (Å²) in [5.74, 6) is 0.518. The molecule has 0 radical (unpaired) electrons. The van der Waals surface area contributed by atoms with Gasteiger partial charge in [-0.25, -0.2) is 14.4 Å². The van der Waals surface area contributed by atoms with Crippen molar-refractivity contribution in [2.24, 2.45) is 0 Å². The number of ether oxygens (including phenoxy) is 2. The number of urea groups is 1. The van der Waals surface area contributed by atoms with Gasteiger partial charge in [0.05, 0.1) is 12.1 Å². The lowest BCUT2D eigenvalue weighted by atomic mass is 10.0. The molecule has 3 aliphatic rings. The molecule has 1 aromatic heterocycles. The van der Waals surface area contributed by atoms with E-state index in [9.17, 15) is 14.4 Å². The number of likely N-dealkylation sites (tertiary alicyclic amines) is 1. The van der Waals surface area contributed by atoms with Crippen LogP contribution in [0.4, 0.5) is 14.4 Å². The number of alkyl carbamates (subject to hydrolysis) is 1. The van der Waals surface area contributed by atoms with Crippen molar-refractivity contribution in [3.63, 3.8) is 0 Å². The lowest BCUT2D eigenvalue weighted by Gasteiger charge is -2.28. The summed E-state index contributed by atoms with van der Waals surface area (Å²) in [7, 11) is 0. The van der Waals surface area contributed by atoms with Gasteiger partial charge in [0.1, 0.15) is 29.9 Å². The van der Waals surface area contributed by atoms with Crippen LogP contribution in [0.2, 0.25) is 0 Å². The van der Waals surface area contributed by atoms with Crippen LogP contribution in [0.25, 0.3) is 0 Å². The summed E-state index contributed by atoms with van der Waals surface area (Å²) >= 11 is 0. The van der Waals surface area contributed by atoms with Crippen molar-refractivity contribution >= 4 is 18.2 Å². The smallest absolute Gasteiger partial charge is 0.411 e. The first kappa shape index (κ1) is 29.6. The third-order valence-corrected chi connectivity index (χ3v) is 7.21. The summed E-state index contributed by atoms with van der Waals surface area (Å²) < 4.78 is 17.2. The van der Waals surface area contributed by atoms with Crippen LogP contribution >= 0.6 is 0 Å². The Bertz CT molecular complexity index is 1290.